The molecule has 3 rings (SSSR count). The van der Waals surface area contributed by atoms with E-state index in [0.717, 1.165) is 29.8 Å². The highest BCUT2D eigenvalue weighted by Crippen LogP contribution is 2.31. The van der Waals surface area contributed by atoms with Crippen LogP contribution in [0, 0.1) is 6.92 Å². The SMILES string of the molecule is CCN1C(=O)CCc2cc(C(N)c3cccc(C)c3)ccc21. The van der Waals surface area contributed by atoms with Gasteiger partial charge in [0.15, 0.2) is 0 Å². The molecule has 0 radical (unpaired) electrons. The number of fused-ring (bicyclic) bond motifs is 1. The molecule has 2 aromatic rings. The second kappa shape index (κ2) is 5.93. The largest absolute Gasteiger partial charge is 0.320 e. The van der Waals surface area contributed by atoms with E-state index in [1.54, 1.807) is 0 Å². The molecule has 3 nitrogen and oxygen atoms in total. The Balaban J connectivity index is 1.95. The summed E-state index contributed by atoms with van der Waals surface area (Å²) in [6.07, 6.45) is 1.39. The van der Waals surface area contributed by atoms with Crippen LogP contribution in [0.4, 0.5) is 5.69 Å². The predicted octanol–water partition coefficient (Wildman–Crippen LogP) is 3.34. The van der Waals surface area contributed by atoms with Gasteiger partial charge in [-0.3, -0.25) is 4.79 Å². The Morgan fingerprint density at radius 2 is 1.91 bits per heavy atom. The minimum absolute atomic E-state index is 0.127. The highest BCUT2D eigenvalue weighted by atomic mass is 16.2. The molecule has 2 N–H and O–H groups in total. The standard InChI is InChI=1S/C19H22N2O/c1-3-21-17-9-7-16(12-14(17)8-10-18(21)22)19(20)15-6-4-5-13(2)11-15/h4-7,9,11-12,19H,3,8,10,20H2,1-2H3. The van der Waals surface area contributed by atoms with Crippen LogP contribution in [-0.2, 0) is 11.2 Å². The normalized spacial score (nSPS) is 15.6. The summed E-state index contributed by atoms with van der Waals surface area (Å²) in [7, 11) is 0. The van der Waals surface area contributed by atoms with Gasteiger partial charge in [-0.05, 0) is 43.0 Å². The molecule has 0 aliphatic carbocycles. The zero-order valence-corrected chi connectivity index (χ0v) is 13.2. The topological polar surface area (TPSA) is 46.3 Å². The van der Waals surface area contributed by atoms with Crippen molar-refractivity contribution in [3.63, 3.8) is 0 Å². The maximum Gasteiger partial charge on any atom is 0.227 e. The highest BCUT2D eigenvalue weighted by molar-refractivity contribution is 5.96. The fourth-order valence-electron chi connectivity index (χ4n) is 3.18. The molecule has 1 aliphatic heterocycles. The van der Waals surface area contributed by atoms with E-state index in [0.29, 0.717) is 6.42 Å². The molecule has 0 fully saturated rings. The number of nitrogens with two attached hydrogens (primary N) is 1. The monoisotopic (exact) mass is 294 g/mol. The Hall–Kier alpha value is -2.13. The molecule has 0 saturated heterocycles. The van der Waals surface area contributed by atoms with Crippen LogP contribution in [0.15, 0.2) is 42.5 Å². The average Bonchev–Trinajstić information content (AvgIpc) is 2.53. The summed E-state index contributed by atoms with van der Waals surface area (Å²) in [5.41, 5.74) is 12.1. The molecule has 1 unspecified atom stereocenters. The molecule has 1 heterocycles. The molecule has 0 aromatic heterocycles. The second-order valence-electron chi connectivity index (χ2n) is 5.92. The van der Waals surface area contributed by atoms with Crippen molar-refractivity contribution in [2.75, 3.05) is 11.4 Å². The van der Waals surface area contributed by atoms with Gasteiger partial charge in [0.05, 0.1) is 6.04 Å². The van der Waals surface area contributed by atoms with Crippen molar-refractivity contribution < 1.29 is 4.79 Å². The number of nitrogens with zero attached hydrogens (tertiary/aromatic N) is 1. The Bertz CT molecular complexity index is 708. The number of benzene rings is 2. The minimum Gasteiger partial charge on any atom is -0.320 e. The van der Waals surface area contributed by atoms with E-state index in [-0.39, 0.29) is 11.9 Å². The molecule has 2 aromatic carbocycles. The number of amides is 1. The predicted molar refractivity (Wildman–Crippen MR) is 90.0 cm³/mol. The number of carbonyl (C=O) groups is 1. The molecular weight excluding hydrogens is 272 g/mol. The summed E-state index contributed by atoms with van der Waals surface area (Å²) in [5.74, 6) is 0.214. The first-order chi connectivity index (χ1) is 10.6. The number of carbonyl (C=O) groups excluding carboxylic acids is 1. The smallest absolute Gasteiger partial charge is 0.227 e. The van der Waals surface area contributed by atoms with Gasteiger partial charge in [0.2, 0.25) is 5.91 Å². The third-order valence-corrected chi connectivity index (χ3v) is 4.38. The third-order valence-electron chi connectivity index (χ3n) is 4.38. The average molecular weight is 294 g/mol. The highest BCUT2D eigenvalue weighted by Gasteiger charge is 2.23. The van der Waals surface area contributed by atoms with Crippen LogP contribution in [0.5, 0.6) is 0 Å². The number of aryl methyl sites for hydroxylation is 2. The van der Waals surface area contributed by atoms with Gasteiger partial charge < -0.3 is 10.6 Å². The van der Waals surface area contributed by atoms with Crippen LogP contribution < -0.4 is 10.6 Å². The molecule has 1 amide bonds. The van der Waals surface area contributed by atoms with E-state index in [1.807, 2.05) is 30.0 Å². The molecule has 1 aliphatic rings. The zero-order valence-electron chi connectivity index (χ0n) is 13.2. The van der Waals surface area contributed by atoms with Crippen molar-refractivity contribution in [3.05, 3.63) is 64.7 Å². The maximum atomic E-state index is 12.0. The van der Waals surface area contributed by atoms with Gasteiger partial charge in [-0.15, -0.1) is 0 Å². The van der Waals surface area contributed by atoms with Crippen molar-refractivity contribution in [1.82, 2.24) is 0 Å². The quantitative estimate of drug-likeness (QED) is 0.943. The van der Waals surface area contributed by atoms with Gasteiger partial charge in [-0.25, -0.2) is 0 Å². The van der Waals surface area contributed by atoms with Crippen LogP contribution in [0.3, 0.4) is 0 Å². The van der Waals surface area contributed by atoms with Crippen molar-refractivity contribution in [1.29, 1.82) is 0 Å². The molecule has 0 bridgehead atoms. The van der Waals surface area contributed by atoms with Crippen molar-refractivity contribution in [3.8, 4) is 0 Å². The molecule has 3 heteroatoms. The van der Waals surface area contributed by atoms with Crippen molar-refractivity contribution in [2.24, 2.45) is 5.73 Å². The van der Waals surface area contributed by atoms with E-state index in [1.165, 1.54) is 11.1 Å². The molecule has 22 heavy (non-hydrogen) atoms. The second-order valence-corrected chi connectivity index (χ2v) is 5.92. The van der Waals surface area contributed by atoms with Gasteiger partial charge >= 0.3 is 0 Å². The lowest BCUT2D eigenvalue weighted by Gasteiger charge is -2.29. The Morgan fingerprint density at radius 1 is 1.14 bits per heavy atom. The van der Waals surface area contributed by atoms with Crippen LogP contribution in [-0.4, -0.2) is 12.5 Å². The summed E-state index contributed by atoms with van der Waals surface area (Å²) >= 11 is 0. The number of hydrogen-bond donors (Lipinski definition) is 1. The van der Waals surface area contributed by atoms with Crippen molar-refractivity contribution in [2.45, 2.75) is 32.7 Å². The van der Waals surface area contributed by atoms with Crippen molar-refractivity contribution >= 4 is 11.6 Å². The Labute approximate surface area is 131 Å². The number of anilines is 1. The van der Waals surface area contributed by atoms with E-state index >= 15 is 0 Å². The summed E-state index contributed by atoms with van der Waals surface area (Å²) in [5, 5.41) is 0. The van der Waals surface area contributed by atoms with E-state index in [2.05, 4.69) is 31.2 Å². The van der Waals surface area contributed by atoms with Crippen LogP contribution in [0.1, 0.15) is 41.6 Å². The summed E-state index contributed by atoms with van der Waals surface area (Å²) in [4.78, 5) is 13.8. The zero-order chi connectivity index (χ0) is 15.7. The lowest BCUT2D eigenvalue weighted by molar-refractivity contribution is -0.118. The fourth-order valence-corrected chi connectivity index (χ4v) is 3.18. The van der Waals surface area contributed by atoms with E-state index in [9.17, 15) is 4.79 Å². The summed E-state index contributed by atoms with van der Waals surface area (Å²) in [6.45, 7) is 4.81. The summed E-state index contributed by atoms with van der Waals surface area (Å²) < 4.78 is 0. The van der Waals surface area contributed by atoms with Gasteiger partial charge in [0.25, 0.3) is 0 Å². The van der Waals surface area contributed by atoms with Crippen LogP contribution in [0.25, 0.3) is 0 Å². The molecular formula is C19H22N2O. The number of hydrogen-bond acceptors (Lipinski definition) is 2. The van der Waals surface area contributed by atoms with Gasteiger partial charge in [0.1, 0.15) is 0 Å². The number of rotatable bonds is 3. The maximum absolute atomic E-state index is 12.0. The summed E-state index contributed by atoms with van der Waals surface area (Å²) in [6, 6.07) is 14.4. The lowest BCUT2D eigenvalue weighted by Crippen LogP contribution is -2.34. The first-order valence-electron chi connectivity index (χ1n) is 7.85. The third kappa shape index (κ3) is 2.64. The fraction of sp³-hybridized carbons (Fsp3) is 0.316. The van der Waals surface area contributed by atoms with E-state index < -0.39 is 0 Å². The lowest BCUT2D eigenvalue weighted by atomic mass is 9.93. The van der Waals surface area contributed by atoms with Gasteiger partial charge in [-0.1, -0.05) is 42.0 Å². The van der Waals surface area contributed by atoms with Crippen LogP contribution >= 0.6 is 0 Å². The van der Waals surface area contributed by atoms with Crippen LogP contribution in [0.2, 0.25) is 0 Å². The first kappa shape index (κ1) is 14.8. The Kier molecular flexibility index (Phi) is 3.99. The van der Waals surface area contributed by atoms with Gasteiger partial charge in [0, 0.05) is 18.7 Å². The Morgan fingerprint density at radius 3 is 2.64 bits per heavy atom. The molecule has 1 atom stereocenters. The van der Waals surface area contributed by atoms with Gasteiger partial charge in [-0.2, -0.15) is 0 Å². The molecule has 0 spiro atoms. The first-order valence-corrected chi connectivity index (χ1v) is 7.85. The molecule has 0 saturated carbocycles. The minimum atomic E-state index is -0.127. The molecule has 114 valence electrons. The van der Waals surface area contributed by atoms with E-state index in [4.69, 9.17) is 5.73 Å².